The van der Waals surface area contributed by atoms with E-state index >= 15 is 0 Å². The molecule has 0 radical (unpaired) electrons. The second-order valence-electron chi connectivity index (χ2n) is 16.8. The largest absolute Gasteiger partial charge is 0.462 e. The molecule has 0 saturated heterocycles. The van der Waals surface area contributed by atoms with Crippen molar-refractivity contribution >= 4 is 11.9 Å². The SMILES string of the molecule is CC/C=C\C/C=C\C/C=C\C/C=C\C/C=C\C/C=C\CCCCCCCCCCCCCCCCCCC(=O)OC(CO)COC(=O)CCCC/C=C\C/C=C\C/C=C\C/C=C\CC. The fourth-order valence-corrected chi connectivity index (χ4v) is 6.90. The summed E-state index contributed by atoms with van der Waals surface area (Å²) in [6, 6.07) is 0. The van der Waals surface area contributed by atoms with Crippen molar-refractivity contribution in [3.8, 4) is 0 Å². The van der Waals surface area contributed by atoms with Gasteiger partial charge in [0.05, 0.1) is 6.61 Å². The molecule has 0 aromatic heterocycles. The highest BCUT2D eigenvalue weighted by Gasteiger charge is 2.16. The second kappa shape index (κ2) is 53.6. The van der Waals surface area contributed by atoms with Crippen LogP contribution in [0.25, 0.3) is 0 Å². The Morgan fingerprint density at radius 3 is 0.969 bits per heavy atom. The molecule has 1 N–H and O–H groups in total. The molecule has 0 spiro atoms. The van der Waals surface area contributed by atoms with Gasteiger partial charge in [-0.2, -0.15) is 0 Å². The lowest BCUT2D eigenvalue weighted by Crippen LogP contribution is -2.28. The van der Waals surface area contributed by atoms with Gasteiger partial charge in [0.15, 0.2) is 6.10 Å². The van der Waals surface area contributed by atoms with E-state index in [9.17, 15) is 14.7 Å². The van der Waals surface area contributed by atoms with Gasteiger partial charge in [-0.1, -0.05) is 225 Å². The van der Waals surface area contributed by atoms with E-state index in [-0.39, 0.29) is 25.2 Å². The summed E-state index contributed by atoms with van der Waals surface area (Å²) < 4.78 is 10.6. The standard InChI is InChI=1S/C59H96O5/c1-3-5-7-9-11-13-15-17-19-20-21-22-23-24-25-26-27-28-29-30-31-32-33-34-35-36-37-38-40-42-44-46-48-50-52-54-59(62)64-57(55-60)56-63-58(61)53-51-49-47-45-43-41-39-18-16-14-12-10-8-6-4-2/h5-8,11-14,17-19,21-22,24-25,27-28,39,43,45,57,60H,3-4,9-10,15-16,20,23,26,29-38,40-42,44,46-56H2,1-2H3/b7-5-,8-6-,13-11-,14-12-,19-17-,22-21-,25-24-,28-27-,39-18-,45-43-. The summed E-state index contributed by atoms with van der Waals surface area (Å²) in [4.78, 5) is 24.4. The minimum absolute atomic E-state index is 0.0925. The van der Waals surface area contributed by atoms with E-state index in [1.807, 2.05) is 0 Å². The number of esters is 2. The highest BCUT2D eigenvalue weighted by molar-refractivity contribution is 5.70. The summed E-state index contributed by atoms with van der Waals surface area (Å²) >= 11 is 0. The van der Waals surface area contributed by atoms with Crippen molar-refractivity contribution in [2.75, 3.05) is 13.2 Å². The molecule has 362 valence electrons. The third kappa shape index (κ3) is 50.9. The Labute approximate surface area is 394 Å². The van der Waals surface area contributed by atoms with Gasteiger partial charge in [0, 0.05) is 12.8 Å². The van der Waals surface area contributed by atoms with E-state index in [0.29, 0.717) is 12.8 Å². The van der Waals surface area contributed by atoms with Crippen molar-refractivity contribution < 1.29 is 24.2 Å². The van der Waals surface area contributed by atoms with Gasteiger partial charge in [-0.15, -0.1) is 0 Å². The van der Waals surface area contributed by atoms with Gasteiger partial charge in [0.25, 0.3) is 0 Å². The lowest BCUT2D eigenvalue weighted by atomic mass is 10.0. The van der Waals surface area contributed by atoms with Gasteiger partial charge in [0.1, 0.15) is 6.61 Å². The first-order valence-corrected chi connectivity index (χ1v) is 26.1. The van der Waals surface area contributed by atoms with Crippen LogP contribution in [0.15, 0.2) is 122 Å². The zero-order chi connectivity index (χ0) is 46.3. The molecule has 1 unspecified atom stereocenters. The molecule has 5 nitrogen and oxygen atoms in total. The molecular formula is C59H96O5. The van der Waals surface area contributed by atoms with Crippen LogP contribution in [-0.4, -0.2) is 36.4 Å². The molecule has 0 aromatic rings. The van der Waals surface area contributed by atoms with Crippen molar-refractivity contribution in [2.24, 2.45) is 0 Å². The van der Waals surface area contributed by atoms with Crippen molar-refractivity contribution in [3.05, 3.63) is 122 Å². The monoisotopic (exact) mass is 885 g/mol. The number of unbranched alkanes of at least 4 members (excludes halogenated alkanes) is 18. The Balaban J connectivity index is 3.53. The first-order valence-electron chi connectivity index (χ1n) is 26.1. The highest BCUT2D eigenvalue weighted by Crippen LogP contribution is 2.15. The van der Waals surface area contributed by atoms with E-state index in [4.69, 9.17) is 9.47 Å². The number of carbonyl (C=O) groups is 2. The maximum Gasteiger partial charge on any atom is 0.306 e. The lowest BCUT2D eigenvalue weighted by molar-refractivity contribution is -0.161. The van der Waals surface area contributed by atoms with E-state index in [1.165, 1.54) is 89.9 Å². The maximum atomic E-state index is 12.3. The molecule has 0 rings (SSSR count). The Hall–Kier alpha value is -3.70. The van der Waals surface area contributed by atoms with Crippen LogP contribution >= 0.6 is 0 Å². The smallest absolute Gasteiger partial charge is 0.306 e. The van der Waals surface area contributed by atoms with Crippen molar-refractivity contribution in [1.82, 2.24) is 0 Å². The minimum Gasteiger partial charge on any atom is -0.462 e. The van der Waals surface area contributed by atoms with Crippen LogP contribution in [0.4, 0.5) is 0 Å². The van der Waals surface area contributed by atoms with Crippen LogP contribution in [0.1, 0.15) is 219 Å². The molecule has 1 atom stereocenters. The van der Waals surface area contributed by atoms with Gasteiger partial charge in [-0.05, 0) is 103 Å². The third-order valence-corrected chi connectivity index (χ3v) is 10.8. The normalized spacial score (nSPS) is 13.2. The second-order valence-corrected chi connectivity index (χ2v) is 16.8. The number of aliphatic hydroxyl groups excluding tert-OH is 1. The molecule has 0 fully saturated rings. The molecule has 0 aromatic carbocycles. The predicted octanol–water partition coefficient (Wildman–Crippen LogP) is 17.5. The molecule has 0 saturated carbocycles. The molecule has 5 heteroatoms. The molecular weight excluding hydrogens is 789 g/mol. The van der Waals surface area contributed by atoms with Crippen molar-refractivity contribution in [1.29, 1.82) is 0 Å². The maximum absolute atomic E-state index is 12.3. The molecule has 64 heavy (non-hydrogen) atoms. The van der Waals surface area contributed by atoms with Crippen LogP contribution < -0.4 is 0 Å². The van der Waals surface area contributed by atoms with Gasteiger partial charge < -0.3 is 14.6 Å². The van der Waals surface area contributed by atoms with Gasteiger partial charge >= 0.3 is 11.9 Å². The van der Waals surface area contributed by atoms with Crippen molar-refractivity contribution in [3.63, 3.8) is 0 Å². The summed E-state index contributed by atoms with van der Waals surface area (Å²) in [5.41, 5.74) is 0. The quantitative estimate of drug-likeness (QED) is 0.0375. The Morgan fingerprint density at radius 1 is 0.359 bits per heavy atom. The lowest BCUT2D eigenvalue weighted by Gasteiger charge is -2.15. The Morgan fingerprint density at radius 2 is 0.625 bits per heavy atom. The third-order valence-electron chi connectivity index (χ3n) is 10.8. The zero-order valence-corrected chi connectivity index (χ0v) is 41.2. The van der Waals surface area contributed by atoms with Crippen LogP contribution in [0.5, 0.6) is 0 Å². The zero-order valence-electron chi connectivity index (χ0n) is 41.2. The van der Waals surface area contributed by atoms with Gasteiger partial charge in [0.2, 0.25) is 0 Å². The molecule has 0 bridgehead atoms. The molecule has 0 aliphatic heterocycles. The van der Waals surface area contributed by atoms with Crippen LogP contribution in [0, 0.1) is 0 Å². The predicted molar refractivity (Wildman–Crippen MR) is 278 cm³/mol. The molecule has 0 amide bonds. The summed E-state index contributed by atoms with van der Waals surface area (Å²) in [6.07, 6.45) is 78.8. The van der Waals surface area contributed by atoms with Gasteiger partial charge in [-0.3, -0.25) is 9.59 Å². The van der Waals surface area contributed by atoms with Crippen LogP contribution in [0.3, 0.4) is 0 Å². The van der Waals surface area contributed by atoms with Gasteiger partial charge in [-0.25, -0.2) is 0 Å². The van der Waals surface area contributed by atoms with Crippen LogP contribution in [0.2, 0.25) is 0 Å². The molecule has 0 heterocycles. The summed E-state index contributed by atoms with van der Waals surface area (Å²) in [6.45, 7) is 3.87. The number of aliphatic hydroxyl groups is 1. The van der Waals surface area contributed by atoms with E-state index in [2.05, 4.69) is 135 Å². The van der Waals surface area contributed by atoms with Crippen molar-refractivity contribution in [2.45, 2.75) is 225 Å². The fraction of sp³-hybridized carbons (Fsp3) is 0.627. The average Bonchev–Trinajstić information content (AvgIpc) is 3.30. The highest BCUT2D eigenvalue weighted by atomic mass is 16.6. The fourth-order valence-electron chi connectivity index (χ4n) is 6.90. The minimum atomic E-state index is -0.795. The Kier molecular flexibility index (Phi) is 50.5. The first kappa shape index (κ1) is 60.3. The van der Waals surface area contributed by atoms with E-state index in [0.717, 1.165) is 103 Å². The summed E-state index contributed by atoms with van der Waals surface area (Å²) in [5.74, 6) is -0.644. The molecule has 0 aliphatic rings. The summed E-state index contributed by atoms with van der Waals surface area (Å²) in [7, 11) is 0. The number of ether oxygens (including phenoxy) is 2. The number of hydrogen-bond acceptors (Lipinski definition) is 5. The number of carbonyl (C=O) groups excluding carboxylic acids is 2. The van der Waals surface area contributed by atoms with E-state index in [1.54, 1.807) is 0 Å². The number of hydrogen-bond donors (Lipinski definition) is 1. The summed E-state index contributed by atoms with van der Waals surface area (Å²) in [5, 5.41) is 9.61. The van der Waals surface area contributed by atoms with Crippen LogP contribution in [-0.2, 0) is 19.1 Å². The number of allylic oxidation sites excluding steroid dienone is 20. The number of rotatable bonds is 46. The topological polar surface area (TPSA) is 72.8 Å². The first-order chi connectivity index (χ1) is 31.6. The van der Waals surface area contributed by atoms with E-state index < -0.39 is 6.10 Å². The Bertz CT molecular complexity index is 1320. The molecule has 0 aliphatic carbocycles. The average molecular weight is 885 g/mol.